The van der Waals surface area contributed by atoms with Crippen LogP contribution >= 0.6 is 0 Å². The average Bonchev–Trinajstić information content (AvgIpc) is 2.13. The molecule has 0 aromatic carbocycles. The van der Waals surface area contributed by atoms with Gasteiger partial charge in [0.05, 0.1) is 0 Å². The molecule has 0 heterocycles. The molecule has 1 aliphatic carbocycles. The molecule has 1 aliphatic rings. The maximum atomic E-state index is 3.41. The Balaban J connectivity index is 2.18. The van der Waals surface area contributed by atoms with E-state index >= 15 is 0 Å². The van der Waals surface area contributed by atoms with Gasteiger partial charge in [-0.2, -0.15) is 0 Å². The Bertz CT molecular complexity index is 101. The van der Waals surface area contributed by atoms with Crippen LogP contribution in [0.2, 0.25) is 0 Å². The first-order chi connectivity index (χ1) is 4.68. The molecular weight excluding hydrogens is 124 g/mol. The monoisotopic (exact) mass is 142 g/mol. The van der Waals surface area contributed by atoms with Crippen molar-refractivity contribution >= 4 is 0 Å². The minimum atomic E-state index is 0.741. The molecule has 0 bridgehead atoms. The largest absolute Gasteiger partial charge is 0.253 e. The van der Waals surface area contributed by atoms with E-state index < -0.39 is 0 Å². The zero-order valence-electron chi connectivity index (χ0n) is 7.22. The molecule has 0 radical (unpaired) electrons. The lowest BCUT2D eigenvalue weighted by atomic mass is 10.1. The fourth-order valence-electron chi connectivity index (χ4n) is 1.69. The van der Waals surface area contributed by atoms with Crippen molar-refractivity contribution in [2.75, 3.05) is 14.1 Å². The van der Waals surface area contributed by atoms with E-state index in [9.17, 15) is 0 Å². The van der Waals surface area contributed by atoms with Crippen LogP contribution in [0.3, 0.4) is 0 Å². The summed E-state index contributed by atoms with van der Waals surface area (Å²) in [7, 11) is 4.12. The van der Waals surface area contributed by atoms with Crippen LogP contribution in [0.5, 0.6) is 0 Å². The van der Waals surface area contributed by atoms with E-state index in [1.165, 1.54) is 19.3 Å². The number of hydrogen-bond donors (Lipinski definition) is 1. The molecule has 2 unspecified atom stereocenters. The summed E-state index contributed by atoms with van der Waals surface area (Å²) in [6, 6.07) is 0.741. The average molecular weight is 142 g/mol. The van der Waals surface area contributed by atoms with E-state index in [0.717, 1.165) is 12.0 Å². The molecule has 1 saturated carbocycles. The Labute approximate surface area is 63.6 Å². The van der Waals surface area contributed by atoms with E-state index in [-0.39, 0.29) is 0 Å². The van der Waals surface area contributed by atoms with E-state index in [0.29, 0.717) is 0 Å². The first-order valence-electron chi connectivity index (χ1n) is 4.12. The van der Waals surface area contributed by atoms with Crippen LogP contribution < -0.4 is 5.43 Å². The Morgan fingerprint density at radius 1 is 1.30 bits per heavy atom. The van der Waals surface area contributed by atoms with Crippen molar-refractivity contribution in [1.82, 2.24) is 10.4 Å². The molecule has 10 heavy (non-hydrogen) atoms. The Morgan fingerprint density at radius 3 is 2.40 bits per heavy atom. The van der Waals surface area contributed by atoms with Gasteiger partial charge in [0, 0.05) is 20.1 Å². The number of hydrazine groups is 1. The maximum absolute atomic E-state index is 3.41. The van der Waals surface area contributed by atoms with Gasteiger partial charge in [-0.25, -0.2) is 0 Å². The summed E-state index contributed by atoms with van der Waals surface area (Å²) in [6.45, 7) is 2.33. The SMILES string of the molecule is CC1CCC(NN(C)C)C1. The van der Waals surface area contributed by atoms with E-state index in [4.69, 9.17) is 0 Å². The molecule has 2 heteroatoms. The van der Waals surface area contributed by atoms with Crippen LogP contribution in [0.15, 0.2) is 0 Å². The summed E-state index contributed by atoms with van der Waals surface area (Å²) in [5.74, 6) is 0.928. The zero-order valence-corrected chi connectivity index (χ0v) is 7.22. The first kappa shape index (κ1) is 8.02. The van der Waals surface area contributed by atoms with Gasteiger partial charge in [0.2, 0.25) is 0 Å². The third-order valence-corrected chi connectivity index (χ3v) is 2.14. The van der Waals surface area contributed by atoms with E-state index in [1.807, 2.05) is 0 Å². The summed E-state index contributed by atoms with van der Waals surface area (Å²) in [5, 5.41) is 2.06. The van der Waals surface area contributed by atoms with Gasteiger partial charge in [-0.1, -0.05) is 6.92 Å². The van der Waals surface area contributed by atoms with Crippen LogP contribution in [0.1, 0.15) is 26.2 Å². The predicted octanol–water partition coefficient (Wildman–Crippen LogP) is 1.24. The predicted molar refractivity (Wildman–Crippen MR) is 43.6 cm³/mol. The quantitative estimate of drug-likeness (QED) is 0.584. The van der Waals surface area contributed by atoms with Crippen LogP contribution in [0.4, 0.5) is 0 Å². The van der Waals surface area contributed by atoms with Crippen molar-refractivity contribution in [2.24, 2.45) is 5.92 Å². The molecule has 1 N–H and O–H groups in total. The lowest BCUT2D eigenvalue weighted by molar-refractivity contribution is 0.240. The molecule has 0 aromatic rings. The van der Waals surface area contributed by atoms with Gasteiger partial charge >= 0.3 is 0 Å². The highest BCUT2D eigenvalue weighted by Crippen LogP contribution is 2.24. The normalized spacial score (nSPS) is 33.6. The minimum Gasteiger partial charge on any atom is -0.253 e. The minimum absolute atomic E-state index is 0.741. The van der Waals surface area contributed by atoms with Crippen molar-refractivity contribution < 1.29 is 0 Å². The fraction of sp³-hybridized carbons (Fsp3) is 1.00. The summed E-state index contributed by atoms with van der Waals surface area (Å²) in [5.41, 5.74) is 3.41. The lowest BCUT2D eigenvalue weighted by Gasteiger charge is -2.17. The van der Waals surface area contributed by atoms with Crippen LogP contribution in [0.25, 0.3) is 0 Å². The Morgan fingerprint density at radius 2 is 2.00 bits per heavy atom. The molecule has 0 aliphatic heterocycles. The second-order valence-corrected chi connectivity index (χ2v) is 3.64. The molecule has 0 spiro atoms. The molecular formula is C8H18N2. The third-order valence-electron chi connectivity index (χ3n) is 2.14. The summed E-state index contributed by atoms with van der Waals surface area (Å²) >= 11 is 0. The van der Waals surface area contributed by atoms with Crippen molar-refractivity contribution in [2.45, 2.75) is 32.2 Å². The summed E-state index contributed by atoms with van der Waals surface area (Å²) in [4.78, 5) is 0. The fourth-order valence-corrected chi connectivity index (χ4v) is 1.69. The van der Waals surface area contributed by atoms with Crippen LogP contribution in [-0.2, 0) is 0 Å². The maximum Gasteiger partial charge on any atom is 0.0217 e. The molecule has 60 valence electrons. The van der Waals surface area contributed by atoms with Gasteiger partial charge in [-0.15, -0.1) is 0 Å². The second-order valence-electron chi connectivity index (χ2n) is 3.64. The highest BCUT2D eigenvalue weighted by Gasteiger charge is 2.20. The number of nitrogens with zero attached hydrogens (tertiary/aromatic N) is 1. The van der Waals surface area contributed by atoms with E-state index in [2.05, 4.69) is 31.5 Å². The van der Waals surface area contributed by atoms with Crippen LogP contribution in [0, 0.1) is 5.92 Å². The molecule has 0 saturated heterocycles. The highest BCUT2D eigenvalue weighted by molar-refractivity contribution is 4.76. The van der Waals surface area contributed by atoms with Gasteiger partial charge in [-0.05, 0) is 25.2 Å². The number of nitrogens with one attached hydrogen (secondary N) is 1. The Hall–Kier alpha value is -0.0800. The van der Waals surface area contributed by atoms with Crippen molar-refractivity contribution in [1.29, 1.82) is 0 Å². The lowest BCUT2D eigenvalue weighted by Crippen LogP contribution is -2.38. The van der Waals surface area contributed by atoms with Crippen molar-refractivity contribution in [3.63, 3.8) is 0 Å². The van der Waals surface area contributed by atoms with Gasteiger partial charge in [-0.3, -0.25) is 10.4 Å². The van der Waals surface area contributed by atoms with Crippen molar-refractivity contribution in [3.05, 3.63) is 0 Å². The van der Waals surface area contributed by atoms with Crippen LogP contribution in [-0.4, -0.2) is 25.1 Å². The van der Waals surface area contributed by atoms with Gasteiger partial charge in [0.15, 0.2) is 0 Å². The molecule has 1 rings (SSSR count). The van der Waals surface area contributed by atoms with Gasteiger partial charge in [0.25, 0.3) is 0 Å². The zero-order chi connectivity index (χ0) is 7.56. The summed E-state index contributed by atoms with van der Waals surface area (Å²) < 4.78 is 0. The molecule has 2 nitrogen and oxygen atoms in total. The standard InChI is InChI=1S/C8H18N2/c1-7-4-5-8(6-7)9-10(2)3/h7-9H,4-6H2,1-3H3. The molecule has 0 amide bonds. The number of rotatable bonds is 2. The summed E-state index contributed by atoms with van der Waals surface area (Å²) in [6.07, 6.45) is 4.09. The number of hydrogen-bond acceptors (Lipinski definition) is 2. The topological polar surface area (TPSA) is 15.3 Å². The molecule has 1 fully saturated rings. The smallest absolute Gasteiger partial charge is 0.0217 e. The van der Waals surface area contributed by atoms with Gasteiger partial charge in [0.1, 0.15) is 0 Å². The van der Waals surface area contributed by atoms with Gasteiger partial charge < -0.3 is 0 Å². The molecule has 0 aromatic heterocycles. The highest BCUT2D eigenvalue weighted by atomic mass is 15.5. The van der Waals surface area contributed by atoms with E-state index in [1.54, 1.807) is 0 Å². The molecule has 2 atom stereocenters. The second kappa shape index (κ2) is 3.35. The Kier molecular flexibility index (Phi) is 2.69. The third kappa shape index (κ3) is 2.27. The first-order valence-corrected chi connectivity index (χ1v) is 4.12. The van der Waals surface area contributed by atoms with Crippen molar-refractivity contribution in [3.8, 4) is 0 Å².